The van der Waals surface area contributed by atoms with Gasteiger partial charge < -0.3 is 15.4 Å². The fourth-order valence-electron chi connectivity index (χ4n) is 4.85. The Balaban J connectivity index is 1.38. The van der Waals surface area contributed by atoms with Crippen LogP contribution in [0.1, 0.15) is 51.9 Å². The van der Waals surface area contributed by atoms with Crippen molar-refractivity contribution in [1.82, 2.24) is 20.4 Å². The third kappa shape index (κ3) is 6.91. The number of morpholine rings is 1. The molecule has 3 aliphatic rings. The van der Waals surface area contributed by atoms with E-state index in [1.165, 1.54) is 58.0 Å². The van der Waals surface area contributed by atoms with Gasteiger partial charge in [0, 0.05) is 51.9 Å². The Morgan fingerprint density at radius 2 is 1.85 bits per heavy atom. The number of aliphatic imine (C=N–C) groups is 1. The van der Waals surface area contributed by atoms with E-state index < -0.39 is 0 Å². The molecule has 2 saturated heterocycles. The van der Waals surface area contributed by atoms with Crippen molar-refractivity contribution in [3.8, 4) is 0 Å². The molecular formula is C21H41N5O. The number of piperidine rings is 1. The standard InChI is InChI=1S/C21H41N5O/c1-18(16-25-11-13-27-14-12-25)15-23-21(22-2)24-19-7-6-10-26(17-19)20-8-4-3-5-9-20/h18-20H,3-17H2,1-2H3,(H2,22,23,24). The van der Waals surface area contributed by atoms with E-state index >= 15 is 0 Å². The van der Waals surface area contributed by atoms with E-state index in [9.17, 15) is 0 Å². The maximum absolute atomic E-state index is 5.44. The smallest absolute Gasteiger partial charge is 0.191 e. The van der Waals surface area contributed by atoms with Crippen LogP contribution < -0.4 is 10.6 Å². The van der Waals surface area contributed by atoms with Crippen LogP contribution >= 0.6 is 0 Å². The number of nitrogens with one attached hydrogen (secondary N) is 2. The molecule has 6 heteroatoms. The van der Waals surface area contributed by atoms with Crippen molar-refractivity contribution in [1.29, 1.82) is 0 Å². The summed E-state index contributed by atoms with van der Waals surface area (Å²) in [6, 6.07) is 1.35. The predicted molar refractivity (Wildman–Crippen MR) is 112 cm³/mol. The fraction of sp³-hybridized carbons (Fsp3) is 0.952. The van der Waals surface area contributed by atoms with E-state index in [1.807, 2.05) is 7.05 Å². The molecule has 27 heavy (non-hydrogen) atoms. The predicted octanol–water partition coefficient (Wildman–Crippen LogP) is 1.92. The minimum Gasteiger partial charge on any atom is -0.379 e. The Kier molecular flexibility index (Phi) is 8.68. The summed E-state index contributed by atoms with van der Waals surface area (Å²) in [6.45, 7) is 10.8. The summed E-state index contributed by atoms with van der Waals surface area (Å²) in [4.78, 5) is 9.73. The zero-order valence-corrected chi connectivity index (χ0v) is 17.6. The highest BCUT2D eigenvalue weighted by Gasteiger charge is 2.27. The fourth-order valence-corrected chi connectivity index (χ4v) is 4.85. The van der Waals surface area contributed by atoms with E-state index in [2.05, 4.69) is 32.3 Å². The number of ether oxygens (including phenoxy) is 1. The van der Waals surface area contributed by atoms with Crippen molar-refractivity contribution in [3.05, 3.63) is 0 Å². The second-order valence-corrected chi connectivity index (χ2v) is 8.74. The summed E-state index contributed by atoms with van der Waals surface area (Å²) >= 11 is 0. The number of hydrogen-bond donors (Lipinski definition) is 2. The van der Waals surface area contributed by atoms with Crippen LogP contribution in [0.5, 0.6) is 0 Å². The van der Waals surface area contributed by atoms with Gasteiger partial charge in [0.05, 0.1) is 13.2 Å². The zero-order chi connectivity index (χ0) is 18.9. The molecule has 2 aliphatic heterocycles. The largest absolute Gasteiger partial charge is 0.379 e. The van der Waals surface area contributed by atoms with Gasteiger partial charge in [0.1, 0.15) is 0 Å². The Morgan fingerprint density at radius 3 is 2.59 bits per heavy atom. The third-order valence-electron chi connectivity index (χ3n) is 6.40. The lowest BCUT2D eigenvalue weighted by molar-refractivity contribution is 0.0320. The van der Waals surface area contributed by atoms with Gasteiger partial charge in [-0.05, 0) is 38.1 Å². The minimum absolute atomic E-state index is 0.529. The molecule has 1 saturated carbocycles. The lowest BCUT2D eigenvalue weighted by Crippen LogP contribution is -2.54. The van der Waals surface area contributed by atoms with E-state index in [4.69, 9.17) is 4.74 Å². The van der Waals surface area contributed by atoms with Crippen molar-refractivity contribution in [3.63, 3.8) is 0 Å². The lowest BCUT2D eigenvalue weighted by Gasteiger charge is -2.40. The molecular weight excluding hydrogens is 338 g/mol. The second kappa shape index (κ2) is 11.2. The van der Waals surface area contributed by atoms with E-state index in [-0.39, 0.29) is 0 Å². The van der Waals surface area contributed by atoms with Crippen molar-refractivity contribution >= 4 is 5.96 Å². The quantitative estimate of drug-likeness (QED) is 0.545. The maximum atomic E-state index is 5.44. The molecule has 156 valence electrons. The average molecular weight is 380 g/mol. The highest BCUT2D eigenvalue weighted by atomic mass is 16.5. The first-order valence-corrected chi connectivity index (χ1v) is 11.3. The SMILES string of the molecule is CN=C(NCC(C)CN1CCOCC1)NC1CCCN(C2CCCCC2)C1. The molecule has 1 aliphatic carbocycles. The number of guanidine groups is 1. The monoisotopic (exact) mass is 379 g/mol. The van der Waals surface area contributed by atoms with Crippen LogP contribution in [0, 0.1) is 5.92 Å². The van der Waals surface area contributed by atoms with Crippen molar-refractivity contribution < 1.29 is 4.74 Å². The zero-order valence-electron chi connectivity index (χ0n) is 17.6. The normalized spacial score (nSPS) is 28.1. The van der Waals surface area contributed by atoms with Crippen molar-refractivity contribution in [2.24, 2.45) is 10.9 Å². The number of rotatable bonds is 6. The average Bonchev–Trinajstić information content (AvgIpc) is 2.72. The van der Waals surface area contributed by atoms with Crippen molar-refractivity contribution in [2.45, 2.75) is 64.0 Å². The molecule has 0 bridgehead atoms. The second-order valence-electron chi connectivity index (χ2n) is 8.74. The van der Waals surface area contributed by atoms with Crippen LogP contribution in [-0.4, -0.2) is 87.4 Å². The van der Waals surface area contributed by atoms with Crippen LogP contribution in [0.2, 0.25) is 0 Å². The van der Waals surface area contributed by atoms with E-state index in [0.29, 0.717) is 12.0 Å². The molecule has 3 rings (SSSR count). The number of hydrogen-bond acceptors (Lipinski definition) is 4. The van der Waals surface area contributed by atoms with Crippen LogP contribution in [0.15, 0.2) is 4.99 Å². The van der Waals surface area contributed by atoms with Gasteiger partial charge in [-0.1, -0.05) is 26.2 Å². The Labute approximate surface area is 166 Å². The van der Waals surface area contributed by atoms with Crippen LogP contribution in [0.4, 0.5) is 0 Å². The molecule has 0 spiro atoms. The molecule has 0 aromatic carbocycles. The molecule has 2 atom stereocenters. The van der Waals surface area contributed by atoms with Gasteiger partial charge in [-0.3, -0.25) is 14.8 Å². The third-order valence-corrected chi connectivity index (χ3v) is 6.40. The Hall–Kier alpha value is -0.850. The molecule has 2 unspecified atom stereocenters. The van der Waals surface area contributed by atoms with E-state index in [0.717, 1.165) is 51.4 Å². The first-order valence-electron chi connectivity index (χ1n) is 11.3. The molecule has 0 aromatic rings. The summed E-state index contributed by atoms with van der Waals surface area (Å²) in [5.41, 5.74) is 0. The Bertz CT molecular complexity index is 446. The van der Waals surface area contributed by atoms with Gasteiger partial charge in [0.15, 0.2) is 5.96 Å². The molecule has 0 amide bonds. The minimum atomic E-state index is 0.529. The number of likely N-dealkylation sites (tertiary alicyclic amines) is 1. The first kappa shape index (κ1) is 20.9. The summed E-state index contributed by atoms with van der Waals surface area (Å²) in [5, 5.41) is 7.26. The van der Waals surface area contributed by atoms with Crippen molar-refractivity contribution in [2.75, 3.05) is 59.5 Å². The van der Waals surface area contributed by atoms with Gasteiger partial charge in [0.2, 0.25) is 0 Å². The summed E-state index contributed by atoms with van der Waals surface area (Å²) in [5.74, 6) is 1.58. The highest BCUT2D eigenvalue weighted by molar-refractivity contribution is 5.80. The van der Waals surface area contributed by atoms with Crippen LogP contribution in [0.25, 0.3) is 0 Å². The van der Waals surface area contributed by atoms with Crippen LogP contribution in [-0.2, 0) is 4.74 Å². The highest BCUT2D eigenvalue weighted by Crippen LogP contribution is 2.25. The molecule has 3 fully saturated rings. The van der Waals surface area contributed by atoms with Gasteiger partial charge in [-0.15, -0.1) is 0 Å². The molecule has 2 N–H and O–H groups in total. The van der Waals surface area contributed by atoms with Gasteiger partial charge in [0.25, 0.3) is 0 Å². The molecule has 2 heterocycles. The van der Waals surface area contributed by atoms with Crippen LogP contribution in [0.3, 0.4) is 0 Å². The van der Waals surface area contributed by atoms with Gasteiger partial charge in [-0.25, -0.2) is 0 Å². The van der Waals surface area contributed by atoms with Gasteiger partial charge in [-0.2, -0.15) is 0 Å². The molecule has 0 aromatic heterocycles. The first-order chi connectivity index (χ1) is 13.2. The molecule has 0 radical (unpaired) electrons. The lowest BCUT2D eigenvalue weighted by atomic mass is 9.92. The number of nitrogens with zero attached hydrogens (tertiary/aromatic N) is 3. The topological polar surface area (TPSA) is 52.1 Å². The summed E-state index contributed by atoms with van der Waals surface area (Å²) in [7, 11) is 1.89. The summed E-state index contributed by atoms with van der Waals surface area (Å²) < 4.78 is 5.44. The molecule has 6 nitrogen and oxygen atoms in total. The van der Waals surface area contributed by atoms with Gasteiger partial charge >= 0.3 is 0 Å². The maximum Gasteiger partial charge on any atom is 0.191 e. The summed E-state index contributed by atoms with van der Waals surface area (Å²) in [6.07, 6.45) is 9.64. The Morgan fingerprint density at radius 1 is 1.07 bits per heavy atom. The van der Waals surface area contributed by atoms with E-state index in [1.54, 1.807) is 0 Å².